The summed E-state index contributed by atoms with van der Waals surface area (Å²) in [6, 6.07) is 4.51. The molecule has 1 N–H and O–H groups in total. The van der Waals surface area contributed by atoms with Crippen LogP contribution in [0.25, 0.3) is 0 Å². The first-order chi connectivity index (χ1) is 9.72. The molecule has 0 amide bonds. The minimum absolute atomic E-state index is 0.344. The Hall–Kier alpha value is -0.980. The Labute approximate surface area is 121 Å². The summed E-state index contributed by atoms with van der Waals surface area (Å²) >= 11 is 0. The van der Waals surface area contributed by atoms with Crippen LogP contribution in [-0.2, 0) is 18.3 Å². The van der Waals surface area contributed by atoms with E-state index in [0.717, 1.165) is 17.8 Å². The summed E-state index contributed by atoms with van der Waals surface area (Å²) < 4.78 is 0. The molecule has 0 aliphatic heterocycles. The smallest absolute Gasteiger partial charge is 0.119 e. The van der Waals surface area contributed by atoms with E-state index in [1.807, 2.05) is 0 Å². The van der Waals surface area contributed by atoms with Gasteiger partial charge in [0.1, 0.15) is 5.75 Å². The molecule has 0 unspecified atom stereocenters. The topological polar surface area (TPSA) is 20.2 Å². The van der Waals surface area contributed by atoms with Gasteiger partial charge in [0.25, 0.3) is 0 Å². The monoisotopic (exact) mass is 268 g/mol. The van der Waals surface area contributed by atoms with Gasteiger partial charge in [-0.3, -0.25) is 0 Å². The van der Waals surface area contributed by atoms with Crippen molar-refractivity contribution >= 4 is 0 Å². The van der Waals surface area contributed by atoms with Gasteiger partial charge >= 0.3 is 0 Å². The zero-order valence-electron chi connectivity index (χ0n) is 12.2. The van der Waals surface area contributed by atoms with E-state index >= 15 is 0 Å². The van der Waals surface area contributed by atoms with Gasteiger partial charge in [-0.2, -0.15) is 0 Å². The van der Waals surface area contributed by atoms with E-state index in [0.29, 0.717) is 11.2 Å². The molecule has 1 aromatic carbocycles. The highest BCUT2D eigenvalue weighted by atomic mass is 16.3. The predicted octanol–water partition coefficient (Wildman–Crippen LogP) is 4.35. The second kappa shape index (κ2) is 3.81. The molecule has 1 aromatic rings. The third kappa shape index (κ3) is 1.50. The fourth-order valence-electron chi connectivity index (χ4n) is 6.48. The van der Waals surface area contributed by atoms with Crippen molar-refractivity contribution in [3.05, 3.63) is 28.8 Å². The van der Waals surface area contributed by atoms with E-state index in [-0.39, 0.29) is 0 Å². The Balaban J connectivity index is 1.63. The second-order valence-corrected chi connectivity index (χ2v) is 8.19. The molecule has 0 atom stereocenters. The molecule has 1 heteroatoms. The van der Waals surface area contributed by atoms with Crippen LogP contribution in [-0.4, -0.2) is 5.11 Å². The van der Waals surface area contributed by atoms with Crippen molar-refractivity contribution in [2.24, 2.45) is 17.8 Å². The van der Waals surface area contributed by atoms with Gasteiger partial charge in [-0.05, 0) is 98.1 Å². The number of phenolic OH excluding ortho intramolecular Hbond substituents is 1. The maximum atomic E-state index is 10.6. The van der Waals surface area contributed by atoms with Gasteiger partial charge in [0, 0.05) is 5.56 Å². The minimum atomic E-state index is 0.344. The molecule has 0 aromatic heterocycles. The molecule has 20 heavy (non-hydrogen) atoms. The van der Waals surface area contributed by atoms with E-state index in [1.165, 1.54) is 74.5 Å². The van der Waals surface area contributed by atoms with Crippen LogP contribution in [0.4, 0.5) is 0 Å². The lowest BCUT2D eigenvalue weighted by Gasteiger charge is -2.57. The summed E-state index contributed by atoms with van der Waals surface area (Å²) in [4.78, 5) is 0. The number of benzene rings is 1. The lowest BCUT2D eigenvalue weighted by Crippen LogP contribution is -2.48. The Morgan fingerprint density at radius 3 is 2.00 bits per heavy atom. The van der Waals surface area contributed by atoms with Crippen molar-refractivity contribution < 1.29 is 5.11 Å². The number of aromatic hydroxyl groups is 1. The molecular formula is C19H24O. The van der Waals surface area contributed by atoms with E-state index in [4.69, 9.17) is 0 Å². The van der Waals surface area contributed by atoms with Crippen molar-refractivity contribution in [3.63, 3.8) is 0 Å². The zero-order chi connectivity index (χ0) is 13.3. The standard InChI is InChI=1S/C19H24O/c20-18-8-16-3-1-2-15(16)7-17(18)19-9-12-4-13(10-19)6-14(5-12)11-19/h7-8,12-14,20H,1-6,9-11H2. The largest absolute Gasteiger partial charge is 0.508 e. The Kier molecular flexibility index (Phi) is 2.22. The van der Waals surface area contributed by atoms with Crippen LogP contribution in [0.1, 0.15) is 61.6 Å². The molecule has 5 aliphatic carbocycles. The van der Waals surface area contributed by atoms with Crippen LogP contribution in [0.2, 0.25) is 0 Å². The van der Waals surface area contributed by atoms with Crippen LogP contribution in [0, 0.1) is 17.8 Å². The molecule has 4 saturated carbocycles. The van der Waals surface area contributed by atoms with Gasteiger partial charge in [-0.15, -0.1) is 0 Å². The van der Waals surface area contributed by atoms with Gasteiger partial charge < -0.3 is 5.11 Å². The maximum absolute atomic E-state index is 10.6. The average Bonchev–Trinajstić information content (AvgIpc) is 2.83. The second-order valence-electron chi connectivity index (χ2n) is 8.19. The first kappa shape index (κ1) is 11.7. The highest BCUT2D eigenvalue weighted by molar-refractivity contribution is 5.48. The van der Waals surface area contributed by atoms with Crippen LogP contribution >= 0.6 is 0 Å². The van der Waals surface area contributed by atoms with E-state index in [9.17, 15) is 5.11 Å². The third-order valence-electron chi connectivity index (χ3n) is 6.82. The number of fused-ring (bicyclic) bond motifs is 1. The van der Waals surface area contributed by atoms with Crippen molar-refractivity contribution in [1.82, 2.24) is 0 Å². The van der Waals surface area contributed by atoms with Gasteiger partial charge in [0.2, 0.25) is 0 Å². The van der Waals surface area contributed by atoms with Gasteiger partial charge in [-0.25, -0.2) is 0 Å². The number of phenols is 1. The number of rotatable bonds is 1. The Morgan fingerprint density at radius 2 is 1.40 bits per heavy atom. The van der Waals surface area contributed by atoms with Crippen molar-refractivity contribution in [2.75, 3.05) is 0 Å². The van der Waals surface area contributed by atoms with E-state index < -0.39 is 0 Å². The number of hydrogen-bond acceptors (Lipinski definition) is 1. The molecule has 1 nitrogen and oxygen atoms in total. The fraction of sp³-hybridized carbons (Fsp3) is 0.684. The molecule has 4 fully saturated rings. The Morgan fingerprint density at radius 1 is 0.850 bits per heavy atom. The quantitative estimate of drug-likeness (QED) is 0.803. The minimum Gasteiger partial charge on any atom is -0.508 e. The summed E-state index contributed by atoms with van der Waals surface area (Å²) in [5.41, 5.74) is 4.62. The summed E-state index contributed by atoms with van der Waals surface area (Å²) in [7, 11) is 0. The molecule has 0 heterocycles. The zero-order valence-corrected chi connectivity index (χ0v) is 12.2. The van der Waals surface area contributed by atoms with Crippen molar-refractivity contribution in [1.29, 1.82) is 0 Å². The molecule has 0 saturated heterocycles. The average molecular weight is 268 g/mol. The highest BCUT2D eigenvalue weighted by Crippen LogP contribution is 2.62. The maximum Gasteiger partial charge on any atom is 0.119 e. The SMILES string of the molecule is Oc1cc2c(cc1C13CC4CC(CC(C4)C1)C3)CCC2. The lowest BCUT2D eigenvalue weighted by molar-refractivity contribution is -0.00616. The van der Waals surface area contributed by atoms with Crippen LogP contribution in [0.3, 0.4) is 0 Å². The highest BCUT2D eigenvalue weighted by Gasteiger charge is 2.52. The van der Waals surface area contributed by atoms with Gasteiger partial charge in [0.15, 0.2) is 0 Å². The lowest BCUT2D eigenvalue weighted by atomic mass is 9.48. The molecule has 4 bridgehead atoms. The van der Waals surface area contributed by atoms with Crippen LogP contribution in [0.15, 0.2) is 12.1 Å². The molecule has 5 aliphatic rings. The van der Waals surface area contributed by atoms with E-state index in [1.54, 1.807) is 0 Å². The molecule has 6 rings (SSSR count). The van der Waals surface area contributed by atoms with Crippen LogP contribution < -0.4 is 0 Å². The van der Waals surface area contributed by atoms with Gasteiger partial charge in [-0.1, -0.05) is 6.07 Å². The first-order valence-corrected chi connectivity index (χ1v) is 8.57. The Bertz CT molecular complexity index is 536. The number of hydrogen-bond donors (Lipinski definition) is 1. The third-order valence-corrected chi connectivity index (χ3v) is 6.82. The van der Waals surface area contributed by atoms with Crippen molar-refractivity contribution in [3.8, 4) is 5.75 Å². The fourth-order valence-corrected chi connectivity index (χ4v) is 6.48. The number of aryl methyl sites for hydroxylation is 2. The molecule has 106 valence electrons. The van der Waals surface area contributed by atoms with Crippen molar-refractivity contribution in [2.45, 2.75) is 63.2 Å². The predicted molar refractivity (Wildman–Crippen MR) is 80.0 cm³/mol. The molecule has 0 radical (unpaired) electrons. The summed E-state index contributed by atoms with van der Waals surface area (Å²) in [6.45, 7) is 0. The summed E-state index contributed by atoms with van der Waals surface area (Å²) in [5.74, 6) is 3.48. The summed E-state index contributed by atoms with van der Waals surface area (Å²) in [6.07, 6.45) is 12.2. The first-order valence-electron chi connectivity index (χ1n) is 8.57. The van der Waals surface area contributed by atoms with E-state index in [2.05, 4.69) is 12.1 Å². The molecular weight excluding hydrogens is 244 g/mol. The molecule has 0 spiro atoms. The van der Waals surface area contributed by atoms with Crippen LogP contribution in [0.5, 0.6) is 5.75 Å². The normalized spacial score (nSPS) is 41.1. The van der Waals surface area contributed by atoms with Gasteiger partial charge in [0.05, 0.1) is 0 Å². The summed E-state index contributed by atoms with van der Waals surface area (Å²) in [5, 5.41) is 10.6.